The van der Waals surface area contributed by atoms with Crippen molar-refractivity contribution in [2.75, 3.05) is 11.8 Å². The van der Waals surface area contributed by atoms with Crippen LogP contribution in [0.25, 0.3) is 0 Å². The van der Waals surface area contributed by atoms with Crippen molar-refractivity contribution in [3.05, 3.63) is 11.3 Å². The molecule has 0 aliphatic heterocycles. The lowest BCUT2D eigenvalue weighted by molar-refractivity contribution is 0.373. The Kier molecular flexibility index (Phi) is 3.51. The normalized spacial score (nSPS) is 11.4. The lowest BCUT2D eigenvalue weighted by atomic mass is 10.1. The smallest absolute Gasteiger partial charge is 0.300 e. The molecule has 0 aromatic carbocycles. The summed E-state index contributed by atoms with van der Waals surface area (Å²) >= 11 is 0. The summed E-state index contributed by atoms with van der Waals surface area (Å²) < 4.78 is 31.5. The van der Waals surface area contributed by atoms with Gasteiger partial charge in [-0.05, 0) is 0 Å². The molecule has 0 fully saturated rings. The Labute approximate surface area is 93.6 Å². The topological polar surface area (TPSA) is 108 Å². The molecule has 16 heavy (non-hydrogen) atoms. The van der Waals surface area contributed by atoms with Crippen LogP contribution in [-0.2, 0) is 10.2 Å². The van der Waals surface area contributed by atoms with Crippen LogP contribution in [0.1, 0.15) is 31.1 Å². The number of nitrogens with zero attached hydrogens (tertiary/aromatic N) is 2. The summed E-state index contributed by atoms with van der Waals surface area (Å²) in [5.74, 6) is 0.215. The van der Waals surface area contributed by atoms with Crippen molar-refractivity contribution in [2.45, 2.75) is 19.8 Å². The van der Waals surface area contributed by atoms with Crippen LogP contribution in [0, 0.1) is 11.3 Å². The average molecular weight is 244 g/mol. The molecular weight excluding hydrogens is 232 g/mol. The molecular formula is C8H12N4O3S. The molecule has 0 unspecified atom stereocenters. The van der Waals surface area contributed by atoms with Crippen LogP contribution >= 0.6 is 0 Å². The maximum atomic E-state index is 11.2. The van der Waals surface area contributed by atoms with Gasteiger partial charge in [-0.3, -0.25) is 4.72 Å². The lowest BCUT2D eigenvalue weighted by Gasteiger charge is -2.02. The second-order valence-electron chi connectivity index (χ2n) is 3.35. The average Bonchev–Trinajstić information content (AvgIpc) is 2.60. The molecule has 1 aromatic heterocycles. The molecule has 1 rings (SSSR count). The van der Waals surface area contributed by atoms with Crippen LogP contribution < -0.4 is 9.44 Å². The monoisotopic (exact) mass is 244 g/mol. The number of nitriles is 1. The van der Waals surface area contributed by atoms with E-state index in [0.29, 0.717) is 5.76 Å². The van der Waals surface area contributed by atoms with Crippen LogP contribution in [-0.4, -0.2) is 20.6 Å². The van der Waals surface area contributed by atoms with Crippen LogP contribution in [0.5, 0.6) is 0 Å². The first-order valence-corrected chi connectivity index (χ1v) is 6.00. The second-order valence-corrected chi connectivity index (χ2v) is 4.97. The number of nitrogens with one attached hydrogen (secondary N) is 2. The Morgan fingerprint density at radius 2 is 2.12 bits per heavy atom. The number of hydrogen-bond donors (Lipinski definition) is 2. The first kappa shape index (κ1) is 12.5. The minimum absolute atomic E-state index is 0.0463. The number of hydrogen-bond acceptors (Lipinski definition) is 5. The molecule has 0 radical (unpaired) electrons. The first-order valence-electron chi connectivity index (χ1n) is 4.52. The fourth-order valence-electron chi connectivity index (χ4n) is 1.05. The van der Waals surface area contributed by atoms with Gasteiger partial charge >= 0.3 is 0 Å². The van der Waals surface area contributed by atoms with Crippen LogP contribution in [0.15, 0.2) is 4.52 Å². The molecule has 1 aromatic rings. The van der Waals surface area contributed by atoms with E-state index in [1.54, 1.807) is 0 Å². The van der Waals surface area contributed by atoms with Gasteiger partial charge in [-0.15, -0.1) is 0 Å². The highest BCUT2D eigenvalue weighted by Gasteiger charge is 2.21. The minimum atomic E-state index is -3.69. The summed E-state index contributed by atoms with van der Waals surface area (Å²) in [6.07, 6.45) is 0. The molecule has 8 heteroatoms. The number of aromatic nitrogens is 1. The standard InChI is InChI=1S/C8H12N4O3S/c1-5(2)7-6(4-9)8(11-15-7)12-16(13,14)10-3/h5,10H,1-3H3,(H,11,12). The minimum Gasteiger partial charge on any atom is -0.357 e. The number of anilines is 1. The summed E-state index contributed by atoms with van der Waals surface area (Å²) in [6, 6.07) is 1.86. The maximum Gasteiger partial charge on any atom is 0.300 e. The SMILES string of the molecule is CNS(=O)(=O)Nc1noc(C(C)C)c1C#N. The van der Waals surface area contributed by atoms with E-state index < -0.39 is 10.2 Å². The van der Waals surface area contributed by atoms with E-state index in [9.17, 15) is 8.42 Å². The van der Waals surface area contributed by atoms with Gasteiger partial charge in [0.1, 0.15) is 11.6 Å². The second kappa shape index (κ2) is 4.51. The van der Waals surface area contributed by atoms with Gasteiger partial charge in [-0.25, -0.2) is 4.72 Å². The summed E-state index contributed by atoms with van der Waals surface area (Å²) in [6.45, 7) is 3.63. The van der Waals surface area contributed by atoms with Gasteiger partial charge in [0.25, 0.3) is 10.2 Å². The summed E-state index contributed by atoms with van der Waals surface area (Å²) in [7, 11) is -2.44. The van der Waals surface area contributed by atoms with E-state index in [1.165, 1.54) is 7.05 Å². The quantitative estimate of drug-likeness (QED) is 0.803. The van der Waals surface area contributed by atoms with E-state index in [2.05, 4.69) is 9.88 Å². The zero-order valence-electron chi connectivity index (χ0n) is 9.10. The van der Waals surface area contributed by atoms with E-state index in [4.69, 9.17) is 9.78 Å². The van der Waals surface area contributed by atoms with Crippen molar-refractivity contribution in [1.82, 2.24) is 9.88 Å². The first-order chi connectivity index (χ1) is 7.41. The van der Waals surface area contributed by atoms with Gasteiger partial charge in [0, 0.05) is 13.0 Å². The third kappa shape index (κ3) is 2.50. The van der Waals surface area contributed by atoms with Crippen molar-refractivity contribution >= 4 is 16.0 Å². The largest absolute Gasteiger partial charge is 0.357 e. The third-order valence-electron chi connectivity index (χ3n) is 1.85. The molecule has 0 atom stereocenters. The van der Waals surface area contributed by atoms with E-state index in [0.717, 1.165) is 0 Å². The Morgan fingerprint density at radius 3 is 2.56 bits per heavy atom. The molecule has 0 bridgehead atoms. The zero-order chi connectivity index (χ0) is 12.3. The molecule has 0 amide bonds. The molecule has 0 aliphatic rings. The highest BCUT2D eigenvalue weighted by molar-refractivity contribution is 7.90. The fourth-order valence-corrected chi connectivity index (χ4v) is 1.55. The van der Waals surface area contributed by atoms with Crippen LogP contribution in [0.4, 0.5) is 5.82 Å². The van der Waals surface area contributed by atoms with Gasteiger partial charge in [0.2, 0.25) is 5.82 Å². The van der Waals surface area contributed by atoms with Gasteiger partial charge in [-0.2, -0.15) is 13.7 Å². The van der Waals surface area contributed by atoms with E-state index in [1.807, 2.05) is 24.6 Å². The Morgan fingerprint density at radius 1 is 1.50 bits per heavy atom. The Balaban J connectivity index is 3.13. The summed E-state index contributed by atoms with van der Waals surface area (Å²) in [4.78, 5) is 0. The summed E-state index contributed by atoms with van der Waals surface area (Å²) in [5, 5.41) is 12.4. The van der Waals surface area contributed by atoms with Crippen molar-refractivity contribution in [3.63, 3.8) is 0 Å². The highest BCUT2D eigenvalue weighted by atomic mass is 32.2. The lowest BCUT2D eigenvalue weighted by Crippen LogP contribution is -2.26. The molecule has 88 valence electrons. The highest BCUT2D eigenvalue weighted by Crippen LogP contribution is 2.25. The van der Waals surface area contributed by atoms with E-state index in [-0.39, 0.29) is 17.3 Å². The van der Waals surface area contributed by atoms with Gasteiger partial charge in [0.15, 0.2) is 5.76 Å². The van der Waals surface area contributed by atoms with Gasteiger partial charge in [0.05, 0.1) is 0 Å². The molecule has 2 N–H and O–H groups in total. The van der Waals surface area contributed by atoms with Crippen LogP contribution in [0.3, 0.4) is 0 Å². The van der Waals surface area contributed by atoms with Crippen molar-refractivity contribution in [2.24, 2.45) is 0 Å². The Bertz CT molecular complexity index is 512. The van der Waals surface area contributed by atoms with Gasteiger partial charge in [-0.1, -0.05) is 19.0 Å². The maximum absolute atomic E-state index is 11.2. The molecule has 0 saturated carbocycles. The molecule has 0 spiro atoms. The predicted molar refractivity (Wildman–Crippen MR) is 56.9 cm³/mol. The molecule has 0 aliphatic carbocycles. The zero-order valence-corrected chi connectivity index (χ0v) is 9.92. The molecule has 7 nitrogen and oxygen atoms in total. The van der Waals surface area contributed by atoms with E-state index >= 15 is 0 Å². The molecule has 1 heterocycles. The van der Waals surface area contributed by atoms with Crippen molar-refractivity contribution in [3.8, 4) is 6.07 Å². The van der Waals surface area contributed by atoms with Crippen LogP contribution in [0.2, 0.25) is 0 Å². The summed E-state index contributed by atoms with van der Waals surface area (Å²) in [5.41, 5.74) is 0.105. The fraction of sp³-hybridized carbons (Fsp3) is 0.500. The van der Waals surface area contributed by atoms with Crippen molar-refractivity contribution in [1.29, 1.82) is 5.26 Å². The predicted octanol–water partition coefficient (Wildman–Crippen LogP) is 0.546. The Hall–Kier alpha value is -1.59. The van der Waals surface area contributed by atoms with Crippen molar-refractivity contribution < 1.29 is 12.9 Å². The number of rotatable bonds is 4. The van der Waals surface area contributed by atoms with Gasteiger partial charge < -0.3 is 4.52 Å². The third-order valence-corrected chi connectivity index (χ3v) is 2.85. The molecule has 0 saturated heterocycles.